The van der Waals surface area contributed by atoms with E-state index in [0.717, 1.165) is 10.9 Å². The van der Waals surface area contributed by atoms with Gasteiger partial charge in [0.05, 0.1) is 17.1 Å². The lowest BCUT2D eigenvalue weighted by molar-refractivity contribution is -0.152. The van der Waals surface area contributed by atoms with Crippen LogP contribution < -0.4 is 10.1 Å². The molecule has 8 nitrogen and oxygen atoms in total. The Labute approximate surface area is 157 Å². The molecule has 8 heteroatoms. The summed E-state index contributed by atoms with van der Waals surface area (Å²) in [6, 6.07) is 5.62. The number of piperidine rings is 1. The molecule has 1 saturated heterocycles. The Kier molecular flexibility index (Phi) is 6.08. The van der Waals surface area contributed by atoms with Gasteiger partial charge in [-0.15, -0.1) is 0 Å². The largest absolute Gasteiger partial charge is 0.488 e. The molecule has 1 unspecified atom stereocenters. The van der Waals surface area contributed by atoms with Crippen molar-refractivity contribution in [3.63, 3.8) is 0 Å². The van der Waals surface area contributed by atoms with E-state index in [0.29, 0.717) is 37.5 Å². The van der Waals surface area contributed by atoms with Crippen molar-refractivity contribution in [1.82, 2.24) is 15.1 Å². The molecule has 1 aliphatic heterocycles. The first-order valence-electron chi connectivity index (χ1n) is 9.19. The fourth-order valence-electron chi connectivity index (χ4n) is 3.25. The van der Waals surface area contributed by atoms with Gasteiger partial charge in [0, 0.05) is 38.1 Å². The van der Waals surface area contributed by atoms with Crippen LogP contribution in [0.1, 0.15) is 38.3 Å². The van der Waals surface area contributed by atoms with Crippen molar-refractivity contribution in [2.24, 2.45) is 7.05 Å². The average molecular weight is 375 g/mol. The zero-order valence-electron chi connectivity index (χ0n) is 15.9. The number of carbonyl (C=O) groups is 2. The molecule has 0 radical (unpaired) electrons. The highest BCUT2D eigenvalue weighted by Gasteiger charge is 2.31. The third-order valence-corrected chi connectivity index (χ3v) is 4.51. The number of nitrogens with one attached hydrogen (secondary N) is 1. The summed E-state index contributed by atoms with van der Waals surface area (Å²) < 4.78 is 18.5. The first kappa shape index (κ1) is 19.3. The van der Waals surface area contributed by atoms with Crippen LogP contribution in [0.2, 0.25) is 0 Å². The molecular formula is C19H25N3O5. The molecule has 1 atom stereocenters. The number of amides is 2. The lowest BCUT2D eigenvalue weighted by Gasteiger charge is -2.19. The van der Waals surface area contributed by atoms with E-state index < -0.39 is 12.2 Å². The monoisotopic (exact) mass is 375 g/mol. The van der Waals surface area contributed by atoms with Crippen molar-refractivity contribution < 1.29 is 23.8 Å². The van der Waals surface area contributed by atoms with Crippen molar-refractivity contribution in [1.29, 1.82) is 0 Å². The van der Waals surface area contributed by atoms with Crippen LogP contribution in [0.25, 0.3) is 10.9 Å². The molecule has 3 rings (SSSR count). The van der Waals surface area contributed by atoms with Crippen LogP contribution in [0.5, 0.6) is 5.75 Å². The highest BCUT2D eigenvalue weighted by atomic mass is 16.7. The van der Waals surface area contributed by atoms with Crippen molar-refractivity contribution in [2.75, 3.05) is 19.8 Å². The molecular weight excluding hydrogens is 350 g/mol. The molecule has 2 aromatic rings. The maximum absolute atomic E-state index is 12.2. The normalized spacial score (nSPS) is 17.6. The summed E-state index contributed by atoms with van der Waals surface area (Å²) in [4.78, 5) is 23.6. The zero-order valence-corrected chi connectivity index (χ0v) is 15.9. The Morgan fingerprint density at radius 1 is 1.26 bits per heavy atom. The molecule has 1 aromatic heterocycles. The van der Waals surface area contributed by atoms with E-state index in [4.69, 9.17) is 14.2 Å². The second kappa shape index (κ2) is 8.49. The van der Waals surface area contributed by atoms with Gasteiger partial charge in [0.15, 0.2) is 6.29 Å². The van der Waals surface area contributed by atoms with Crippen LogP contribution in [-0.2, 0) is 26.1 Å². The Morgan fingerprint density at radius 3 is 2.67 bits per heavy atom. The van der Waals surface area contributed by atoms with Gasteiger partial charge in [-0.05, 0) is 32.4 Å². The van der Waals surface area contributed by atoms with Gasteiger partial charge in [-0.2, -0.15) is 5.10 Å². The Morgan fingerprint density at radius 2 is 2.00 bits per heavy atom. The van der Waals surface area contributed by atoms with E-state index in [-0.39, 0.29) is 18.4 Å². The van der Waals surface area contributed by atoms with E-state index in [2.05, 4.69) is 10.4 Å². The molecule has 0 bridgehead atoms. The standard InChI is InChI=1S/C19H25N3O5/c1-4-25-17(26-5-2)11-27-12-6-7-13-15(10-12)22(3)21-18(13)14-8-9-16(23)20-19(14)24/h6-7,10,14,17H,4-5,8-9,11H2,1-3H3,(H,20,23,24). The first-order chi connectivity index (χ1) is 13.0. The minimum absolute atomic E-state index is 0.231. The van der Waals surface area contributed by atoms with E-state index in [1.54, 1.807) is 4.68 Å². The van der Waals surface area contributed by atoms with Crippen molar-refractivity contribution in [3.8, 4) is 5.75 Å². The van der Waals surface area contributed by atoms with Crippen LogP contribution in [-0.4, -0.2) is 47.7 Å². The lowest BCUT2D eigenvalue weighted by atomic mass is 9.93. The molecule has 0 saturated carbocycles. The predicted molar refractivity (Wildman–Crippen MR) is 98.4 cm³/mol. The van der Waals surface area contributed by atoms with Crippen LogP contribution in [0.3, 0.4) is 0 Å². The summed E-state index contributed by atoms with van der Waals surface area (Å²) in [5.74, 6) is -0.267. The van der Waals surface area contributed by atoms with Gasteiger partial charge in [-0.3, -0.25) is 19.6 Å². The van der Waals surface area contributed by atoms with Gasteiger partial charge >= 0.3 is 0 Å². The molecule has 1 N–H and O–H groups in total. The quantitative estimate of drug-likeness (QED) is 0.559. The summed E-state index contributed by atoms with van der Waals surface area (Å²) in [6.45, 7) is 5.19. The average Bonchev–Trinajstić information content (AvgIpc) is 2.96. The molecule has 2 amide bonds. The Hall–Kier alpha value is -2.45. The number of fused-ring (bicyclic) bond motifs is 1. The molecule has 146 valence electrons. The SMILES string of the molecule is CCOC(COc1ccc2c(C3CCC(=O)NC3=O)nn(C)c2c1)OCC. The topological polar surface area (TPSA) is 91.7 Å². The minimum Gasteiger partial charge on any atom is -0.488 e. The van der Waals surface area contributed by atoms with Crippen LogP contribution in [0.15, 0.2) is 18.2 Å². The van der Waals surface area contributed by atoms with Crippen LogP contribution in [0.4, 0.5) is 0 Å². The third-order valence-electron chi connectivity index (χ3n) is 4.51. The molecule has 27 heavy (non-hydrogen) atoms. The number of benzene rings is 1. The fraction of sp³-hybridized carbons (Fsp3) is 0.526. The van der Waals surface area contributed by atoms with E-state index in [1.807, 2.05) is 39.1 Å². The second-order valence-electron chi connectivity index (χ2n) is 6.34. The lowest BCUT2D eigenvalue weighted by Crippen LogP contribution is -2.39. The number of aromatic nitrogens is 2. The van der Waals surface area contributed by atoms with Crippen molar-refractivity contribution in [2.45, 2.75) is 38.9 Å². The fourth-order valence-corrected chi connectivity index (χ4v) is 3.25. The van der Waals surface area contributed by atoms with Gasteiger partial charge in [-0.25, -0.2) is 0 Å². The number of nitrogens with zero attached hydrogens (tertiary/aromatic N) is 2. The number of hydrogen-bond acceptors (Lipinski definition) is 6. The van der Waals surface area contributed by atoms with Gasteiger partial charge in [-0.1, -0.05) is 0 Å². The molecule has 0 aliphatic carbocycles. The smallest absolute Gasteiger partial charge is 0.235 e. The third kappa shape index (κ3) is 4.28. The van der Waals surface area contributed by atoms with Gasteiger partial charge < -0.3 is 14.2 Å². The van der Waals surface area contributed by atoms with Gasteiger partial charge in [0.25, 0.3) is 0 Å². The molecule has 0 spiro atoms. The Bertz CT molecular complexity index is 826. The number of rotatable bonds is 8. The number of imide groups is 1. The summed E-state index contributed by atoms with van der Waals surface area (Å²) >= 11 is 0. The second-order valence-corrected chi connectivity index (χ2v) is 6.34. The summed E-state index contributed by atoms with van der Waals surface area (Å²) in [5.41, 5.74) is 1.54. The summed E-state index contributed by atoms with van der Waals surface area (Å²) in [6.07, 6.45) is 0.381. The van der Waals surface area contributed by atoms with Gasteiger partial charge in [0.1, 0.15) is 12.4 Å². The van der Waals surface area contributed by atoms with E-state index in [9.17, 15) is 9.59 Å². The summed E-state index contributed by atoms with van der Waals surface area (Å²) in [5, 5.41) is 7.79. The highest BCUT2D eigenvalue weighted by molar-refractivity contribution is 6.02. The summed E-state index contributed by atoms with van der Waals surface area (Å²) in [7, 11) is 1.82. The van der Waals surface area contributed by atoms with Crippen molar-refractivity contribution >= 4 is 22.7 Å². The molecule has 1 aliphatic rings. The molecule has 1 fully saturated rings. The predicted octanol–water partition coefficient (Wildman–Crippen LogP) is 1.87. The maximum atomic E-state index is 12.2. The zero-order chi connectivity index (χ0) is 19.4. The van der Waals surface area contributed by atoms with Crippen molar-refractivity contribution in [3.05, 3.63) is 23.9 Å². The molecule has 1 aromatic carbocycles. The van der Waals surface area contributed by atoms with Crippen LogP contribution in [0, 0.1) is 0 Å². The van der Waals surface area contributed by atoms with E-state index in [1.165, 1.54) is 0 Å². The highest BCUT2D eigenvalue weighted by Crippen LogP contribution is 2.31. The number of aryl methyl sites for hydroxylation is 1. The van der Waals surface area contributed by atoms with Crippen LogP contribution >= 0.6 is 0 Å². The first-order valence-corrected chi connectivity index (χ1v) is 9.19. The number of ether oxygens (including phenoxy) is 3. The Balaban J connectivity index is 1.79. The van der Waals surface area contributed by atoms with Gasteiger partial charge in [0.2, 0.25) is 11.8 Å². The number of hydrogen-bond donors (Lipinski definition) is 1. The number of carbonyl (C=O) groups excluding carboxylic acids is 2. The molecule has 2 heterocycles. The van der Waals surface area contributed by atoms with E-state index >= 15 is 0 Å². The minimum atomic E-state index is -0.418. The maximum Gasteiger partial charge on any atom is 0.235 e.